The molecule has 6 heteroatoms. The maximum absolute atomic E-state index is 11.3. The fourth-order valence-corrected chi connectivity index (χ4v) is 2.19. The quantitative estimate of drug-likeness (QED) is 0.776. The maximum atomic E-state index is 11.3. The van der Waals surface area contributed by atoms with Crippen LogP contribution in [0.3, 0.4) is 0 Å². The first-order chi connectivity index (χ1) is 9.28. The number of benzene rings is 1. The summed E-state index contributed by atoms with van der Waals surface area (Å²) in [6.07, 6.45) is 1.59. The molecule has 2 aromatic rings. The van der Waals surface area contributed by atoms with E-state index < -0.39 is 5.97 Å². The highest BCUT2D eigenvalue weighted by Gasteiger charge is 2.24. The fraction of sp³-hybridized carbons (Fsp3) is 0.308. The molecule has 0 aliphatic carbocycles. The minimum Gasteiger partial charge on any atom is -0.493 e. The number of hydrogen-bond donors (Lipinski definition) is 0. The van der Waals surface area contributed by atoms with Crippen LogP contribution in [-0.4, -0.2) is 34.7 Å². The zero-order chi connectivity index (χ0) is 13.2. The summed E-state index contributed by atoms with van der Waals surface area (Å²) in [5, 5.41) is 7.71. The molecule has 0 amide bonds. The lowest BCUT2D eigenvalue weighted by atomic mass is 10.0. The Hall–Kier alpha value is -2.37. The average Bonchev–Trinajstić information content (AvgIpc) is 3.06. The van der Waals surface area contributed by atoms with Crippen LogP contribution in [-0.2, 0) is 11.3 Å². The summed E-state index contributed by atoms with van der Waals surface area (Å²) in [5.41, 5.74) is 1.38. The SMILES string of the molecule is COC(=O)c1cn(CC2COc3ccccc32)nn1. The summed E-state index contributed by atoms with van der Waals surface area (Å²) in [5.74, 6) is 0.665. The number of hydrogen-bond acceptors (Lipinski definition) is 5. The molecule has 0 fully saturated rings. The third-order valence-corrected chi connectivity index (χ3v) is 3.14. The van der Waals surface area contributed by atoms with Gasteiger partial charge in [0.15, 0.2) is 5.69 Å². The highest BCUT2D eigenvalue weighted by atomic mass is 16.5. The van der Waals surface area contributed by atoms with Gasteiger partial charge in [-0.2, -0.15) is 0 Å². The smallest absolute Gasteiger partial charge is 0.360 e. The number of carbonyl (C=O) groups excluding carboxylic acids is 1. The van der Waals surface area contributed by atoms with Crippen molar-refractivity contribution in [3.05, 3.63) is 41.7 Å². The number of aromatic nitrogens is 3. The average molecular weight is 259 g/mol. The maximum Gasteiger partial charge on any atom is 0.360 e. The molecule has 98 valence electrons. The van der Waals surface area contributed by atoms with E-state index in [1.807, 2.05) is 24.3 Å². The van der Waals surface area contributed by atoms with Gasteiger partial charge in [-0.15, -0.1) is 5.10 Å². The second kappa shape index (κ2) is 4.72. The van der Waals surface area contributed by atoms with Gasteiger partial charge < -0.3 is 9.47 Å². The van der Waals surface area contributed by atoms with Crippen molar-refractivity contribution < 1.29 is 14.3 Å². The van der Waals surface area contributed by atoms with Gasteiger partial charge in [-0.25, -0.2) is 4.79 Å². The molecule has 19 heavy (non-hydrogen) atoms. The zero-order valence-electron chi connectivity index (χ0n) is 10.4. The van der Waals surface area contributed by atoms with Crippen molar-refractivity contribution in [1.82, 2.24) is 15.0 Å². The van der Waals surface area contributed by atoms with Crippen molar-refractivity contribution in [2.45, 2.75) is 12.5 Å². The molecular formula is C13H13N3O3. The molecule has 1 aromatic carbocycles. The van der Waals surface area contributed by atoms with E-state index in [1.54, 1.807) is 10.9 Å². The zero-order valence-corrected chi connectivity index (χ0v) is 10.4. The molecule has 0 radical (unpaired) electrons. The predicted octanol–water partition coefficient (Wildman–Crippen LogP) is 1.24. The lowest BCUT2D eigenvalue weighted by Crippen LogP contribution is -2.11. The van der Waals surface area contributed by atoms with Crippen LogP contribution in [0.15, 0.2) is 30.5 Å². The van der Waals surface area contributed by atoms with Crippen LogP contribution in [0.1, 0.15) is 22.0 Å². The molecule has 1 aliphatic rings. The molecule has 0 bridgehead atoms. The van der Waals surface area contributed by atoms with E-state index in [2.05, 4.69) is 15.0 Å². The monoisotopic (exact) mass is 259 g/mol. The normalized spacial score (nSPS) is 16.8. The highest BCUT2D eigenvalue weighted by molar-refractivity contribution is 5.86. The lowest BCUT2D eigenvalue weighted by Gasteiger charge is -2.07. The van der Waals surface area contributed by atoms with Gasteiger partial charge in [0, 0.05) is 11.5 Å². The Morgan fingerprint density at radius 3 is 3.21 bits per heavy atom. The van der Waals surface area contributed by atoms with Crippen LogP contribution in [0, 0.1) is 0 Å². The second-order valence-electron chi connectivity index (χ2n) is 4.36. The number of esters is 1. The number of methoxy groups -OCH3 is 1. The van der Waals surface area contributed by atoms with E-state index in [4.69, 9.17) is 4.74 Å². The largest absolute Gasteiger partial charge is 0.493 e. The summed E-state index contributed by atoms with van der Waals surface area (Å²) in [4.78, 5) is 11.3. The van der Waals surface area contributed by atoms with Gasteiger partial charge in [-0.3, -0.25) is 4.68 Å². The van der Waals surface area contributed by atoms with Crippen molar-refractivity contribution in [1.29, 1.82) is 0 Å². The second-order valence-corrected chi connectivity index (χ2v) is 4.36. The van der Waals surface area contributed by atoms with Crippen molar-refractivity contribution in [2.75, 3.05) is 13.7 Å². The topological polar surface area (TPSA) is 66.2 Å². The molecule has 3 rings (SSSR count). The Morgan fingerprint density at radius 2 is 2.37 bits per heavy atom. The first-order valence-electron chi connectivity index (χ1n) is 5.98. The molecule has 0 spiro atoms. The minimum atomic E-state index is -0.477. The third-order valence-electron chi connectivity index (χ3n) is 3.14. The van der Waals surface area contributed by atoms with Gasteiger partial charge in [-0.05, 0) is 6.07 Å². The van der Waals surface area contributed by atoms with E-state index >= 15 is 0 Å². The number of para-hydroxylation sites is 1. The number of rotatable bonds is 3. The Balaban J connectivity index is 1.76. The molecule has 6 nitrogen and oxygen atoms in total. The van der Waals surface area contributed by atoms with Crippen molar-refractivity contribution in [2.24, 2.45) is 0 Å². The van der Waals surface area contributed by atoms with Crippen LogP contribution in [0.5, 0.6) is 5.75 Å². The lowest BCUT2D eigenvalue weighted by molar-refractivity contribution is 0.0594. The van der Waals surface area contributed by atoms with E-state index in [1.165, 1.54) is 7.11 Å². The summed E-state index contributed by atoms with van der Waals surface area (Å²) in [7, 11) is 1.32. The third kappa shape index (κ3) is 2.16. The first-order valence-corrected chi connectivity index (χ1v) is 5.98. The highest BCUT2D eigenvalue weighted by Crippen LogP contribution is 2.34. The predicted molar refractivity (Wildman–Crippen MR) is 66.0 cm³/mol. The van der Waals surface area contributed by atoms with Crippen molar-refractivity contribution >= 4 is 5.97 Å². The number of nitrogens with zero attached hydrogens (tertiary/aromatic N) is 3. The van der Waals surface area contributed by atoms with Gasteiger partial charge in [0.05, 0.1) is 26.5 Å². The molecule has 0 N–H and O–H groups in total. The molecule has 2 heterocycles. The van der Waals surface area contributed by atoms with Crippen LogP contribution in [0.2, 0.25) is 0 Å². The first kappa shape index (κ1) is 11.7. The Labute approximate surface area is 109 Å². The molecule has 1 aromatic heterocycles. The number of fused-ring (bicyclic) bond motifs is 1. The molecule has 0 saturated carbocycles. The number of ether oxygens (including phenoxy) is 2. The Kier molecular flexibility index (Phi) is 2.91. The van der Waals surface area contributed by atoms with Gasteiger partial charge >= 0.3 is 5.97 Å². The summed E-state index contributed by atoms with van der Waals surface area (Å²) >= 11 is 0. The van der Waals surface area contributed by atoms with Crippen LogP contribution in [0.4, 0.5) is 0 Å². The minimum absolute atomic E-state index is 0.217. The van der Waals surface area contributed by atoms with Gasteiger partial charge in [0.2, 0.25) is 0 Å². The Morgan fingerprint density at radius 1 is 1.53 bits per heavy atom. The van der Waals surface area contributed by atoms with Crippen LogP contribution in [0.25, 0.3) is 0 Å². The molecule has 1 atom stereocenters. The van der Waals surface area contributed by atoms with Crippen molar-refractivity contribution in [3.8, 4) is 5.75 Å². The van der Waals surface area contributed by atoms with Crippen molar-refractivity contribution in [3.63, 3.8) is 0 Å². The van der Waals surface area contributed by atoms with E-state index in [0.717, 1.165) is 11.3 Å². The summed E-state index contributed by atoms with van der Waals surface area (Å²) in [6, 6.07) is 7.94. The molecular weight excluding hydrogens is 246 g/mol. The fourth-order valence-electron chi connectivity index (χ4n) is 2.19. The summed E-state index contributed by atoms with van der Waals surface area (Å²) < 4.78 is 11.8. The molecule has 0 saturated heterocycles. The Bertz CT molecular complexity index is 609. The van der Waals surface area contributed by atoms with Crippen LogP contribution >= 0.6 is 0 Å². The molecule has 1 aliphatic heterocycles. The standard InChI is InChI=1S/C13H13N3O3/c1-18-13(17)11-7-16(15-14-11)6-9-8-19-12-5-3-2-4-10(9)12/h2-5,7,9H,6,8H2,1H3. The molecule has 1 unspecified atom stereocenters. The van der Waals surface area contributed by atoms with Gasteiger partial charge in [-0.1, -0.05) is 23.4 Å². The van der Waals surface area contributed by atoms with Crippen LogP contribution < -0.4 is 4.74 Å². The number of carbonyl (C=O) groups is 1. The van der Waals surface area contributed by atoms with E-state index in [0.29, 0.717) is 13.2 Å². The van der Waals surface area contributed by atoms with Gasteiger partial charge in [0.1, 0.15) is 5.75 Å². The summed E-state index contributed by atoms with van der Waals surface area (Å²) in [6.45, 7) is 1.24. The van der Waals surface area contributed by atoms with E-state index in [9.17, 15) is 4.79 Å². The van der Waals surface area contributed by atoms with Gasteiger partial charge in [0.25, 0.3) is 0 Å². The van der Waals surface area contributed by atoms with E-state index in [-0.39, 0.29) is 11.6 Å².